The first-order valence-corrected chi connectivity index (χ1v) is 10.1. The number of halogens is 1. The number of hydrogen-bond acceptors (Lipinski definition) is 4. The van der Waals surface area contributed by atoms with E-state index in [9.17, 15) is 0 Å². The standard InChI is InChI=1S/C24H20ClN3O/c25-20-8-5-17-6-9-21(26-23(17)16-20)10-7-19-15-18-3-1-2-4-22(18)27-24(19)28-11-13-29-14-12-28/h1-10,15-16H,11-14H2/b10-7+. The molecule has 0 aliphatic carbocycles. The largest absolute Gasteiger partial charge is 0.378 e. The Bertz CT molecular complexity index is 1220. The van der Waals surface area contributed by atoms with Crippen LogP contribution in [-0.4, -0.2) is 36.3 Å². The van der Waals surface area contributed by atoms with Gasteiger partial charge in [0.1, 0.15) is 5.82 Å². The predicted molar refractivity (Wildman–Crippen MR) is 120 cm³/mol. The lowest BCUT2D eigenvalue weighted by Crippen LogP contribution is -2.37. The van der Waals surface area contributed by atoms with Gasteiger partial charge in [-0.25, -0.2) is 9.97 Å². The molecule has 0 saturated carbocycles. The van der Waals surface area contributed by atoms with E-state index in [1.165, 1.54) is 0 Å². The van der Waals surface area contributed by atoms with Crippen molar-refractivity contribution in [1.82, 2.24) is 9.97 Å². The average molecular weight is 402 g/mol. The molecule has 1 fully saturated rings. The average Bonchev–Trinajstić information content (AvgIpc) is 2.77. The Morgan fingerprint density at radius 3 is 2.55 bits per heavy atom. The van der Waals surface area contributed by atoms with Crippen LogP contribution in [0.1, 0.15) is 11.3 Å². The molecule has 2 aromatic carbocycles. The van der Waals surface area contributed by atoms with Crippen LogP contribution in [0.25, 0.3) is 34.0 Å². The quantitative estimate of drug-likeness (QED) is 0.458. The van der Waals surface area contributed by atoms with Crippen molar-refractivity contribution < 1.29 is 4.74 Å². The van der Waals surface area contributed by atoms with Gasteiger partial charge in [0.15, 0.2) is 0 Å². The molecule has 0 N–H and O–H groups in total. The van der Waals surface area contributed by atoms with Gasteiger partial charge in [0, 0.05) is 34.4 Å². The molecule has 5 rings (SSSR count). The first kappa shape index (κ1) is 18.1. The van der Waals surface area contributed by atoms with Crippen molar-refractivity contribution in [2.24, 2.45) is 0 Å². The van der Waals surface area contributed by atoms with Crippen LogP contribution in [0.15, 0.2) is 60.7 Å². The number of rotatable bonds is 3. The fourth-order valence-corrected chi connectivity index (χ4v) is 3.81. The van der Waals surface area contributed by atoms with Gasteiger partial charge in [-0.1, -0.05) is 41.9 Å². The predicted octanol–water partition coefficient (Wildman–Crippen LogP) is 5.44. The maximum Gasteiger partial charge on any atom is 0.136 e. The number of pyridine rings is 2. The maximum atomic E-state index is 6.12. The van der Waals surface area contributed by atoms with Gasteiger partial charge in [0.05, 0.1) is 29.9 Å². The molecule has 5 heteroatoms. The molecule has 0 radical (unpaired) electrons. The Balaban J connectivity index is 1.56. The summed E-state index contributed by atoms with van der Waals surface area (Å²) in [5.41, 5.74) is 3.87. The number of benzene rings is 2. The van der Waals surface area contributed by atoms with Crippen LogP contribution < -0.4 is 4.90 Å². The van der Waals surface area contributed by atoms with E-state index in [0.717, 1.165) is 65.2 Å². The lowest BCUT2D eigenvalue weighted by molar-refractivity contribution is 0.122. The third kappa shape index (κ3) is 3.82. The second-order valence-corrected chi connectivity index (χ2v) is 7.54. The molecule has 2 aromatic heterocycles. The van der Waals surface area contributed by atoms with Crippen LogP contribution in [0.5, 0.6) is 0 Å². The number of aromatic nitrogens is 2. The monoisotopic (exact) mass is 401 g/mol. The molecular formula is C24H20ClN3O. The Kier molecular flexibility index (Phi) is 4.88. The number of fused-ring (bicyclic) bond motifs is 2. The summed E-state index contributed by atoms with van der Waals surface area (Å²) < 4.78 is 5.52. The first-order chi connectivity index (χ1) is 14.3. The molecule has 144 valence electrons. The second-order valence-electron chi connectivity index (χ2n) is 7.10. The lowest BCUT2D eigenvalue weighted by Gasteiger charge is -2.29. The summed E-state index contributed by atoms with van der Waals surface area (Å²) in [6, 6.07) is 20.3. The molecule has 1 aliphatic rings. The summed E-state index contributed by atoms with van der Waals surface area (Å²) >= 11 is 6.12. The first-order valence-electron chi connectivity index (χ1n) is 9.73. The van der Waals surface area contributed by atoms with Crippen molar-refractivity contribution in [2.45, 2.75) is 0 Å². The van der Waals surface area contributed by atoms with Crippen LogP contribution in [0.3, 0.4) is 0 Å². The second kappa shape index (κ2) is 7.82. The normalized spacial score (nSPS) is 14.9. The van der Waals surface area contributed by atoms with Gasteiger partial charge in [-0.2, -0.15) is 0 Å². The molecule has 1 aliphatic heterocycles. The van der Waals surface area contributed by atoms with Gasteiger partial charge in [0.25, 0.3) is 0 Å². The maximum absolute atomic E-state index is 6.12. The minimum absolute atomic E-state index is 0.694. The van der Waals surface area contributed by atoms with Crippen LogP contribution in [0.2, 0.25) is 5.02 Å². The number of nitrogens with zero attached hydrogens (tertiary/aromatic N) is 3. The van der Waals surface area contributed by atoms with E-state index >= 15 is 0 Å². The summed E-state index contributed by atoms with van der Waals surface area (Å²) in [6.07, 6.45) is 4.14. The summed E-state index contributed by atoms with van der Waals surface area (Å²) in [7, 11) is 0. The van der Waals surface area contributed by atoms with Gasteiger partial charge < -0.3 is 9.64 Å². The molecule has 0 amide bonds. The summed E-state index contributed by atoms with van der Waals surface area (Å²) in [6.45, 7) is 3.15. The minimum atomic E-state index is 0.694. The van der Waals surface area contributed by atoms with E-state index < -0.39 is 0 Å². The highest BCUT2D eigenvalue weighted by Crippen LogP contribution is 2.26. The van der Waals surface area contributed by atoms with Crippen molar-refractivity contribution in [3.05, 3.63) is 76.9 Å². The van der Waals surface area contributed by atoms with Gasteiger partial charge >= 0.3 is 0 Å². The number of morpholine rings is 1. The van der Waals surface area contributed by atoms with E-state index in [-0.39, 0.29) is 0 Å². The Morgan fingerprint density at radius 1 is 0.828 bits per heavy atom. The highest BCUT2D eigenvalue weighted by molar-refractivity contribution is 6.31. The zero-order valence-electron chi connectivity index (χ0n) is 15.9. The number of anilines is 1. The van der Waals surface area contributed by atoms with Crippen molar-refractivity contribution in [3.63, 3.8) is 0 Å². The van der Waals surface area contributed by atoms with Crippen LogP contribution in [-0.2, 0) is 4.74 Å². The smallest absolute Gasteiger partial charge is 0.136 e. The SMILES string of the molecule is Clc1ccc2ccc(/C=C/c3cc4ccccc4nc3N3CCOCC3)nc2c1. The number of hydrogen-bond donors (Lipinski definition) is 0. The Morgan fingerprint density at radius 2 is 1.66 bits per heavy atom. The fourth-order valence-electron chi connectivity index (χ4n) is 3.65. The van der Waals surface area contributed by atoms with E-state index in [2.05, 4.69) is 35.2 Å². The van der Waals surface area contributed by atoms with Crippen molar-refractivity contribution in [1.29, 1.82) is 0 Å². The van der Waals surface area contributed by atoms with Crippen LogP contribution >= 0.6 is 11.6 Å². The van der Waals surface area contributed by atoms with E-state index in [1.807, 2.05) is 42.5 Å². The third-order valence-corrected chi connectivity index (χ3v) is 5.39. The van der Waals surface area contributed by atoms with Gasteiger partial charge in [-0.15, -0.1) is 0 Å². The molecular weight excluding hydrogens is 382 g/mol. The number of ether oxygens (including phenoxy) is 1. The lowest BCUT2D eigenvalue weighted by atomic mass is 10.1. The fraction of sp³-hybridized carbons (Fsp3) is 0.167. The molecule has 29 heavy (non-hydrogen) atoms. The summed E-state index contributed by atoms with van der Waals surface area (Å²) in [4.78, 5) is 12.0. The minimum Gasteiger partial charge on any atom is -0.378 e. The molecule has 4 nitrogen and oxygen atoms in total. The molecule has 3 heterocycles. The molecule has 0 atom stereocenters. The zero-order valence-corrected chi connectivity index (χ0v) is 16.6. The topological polar surface area (TPSA) is 38.2 Å². The summed E-state index contributed by atoms with van der Waals surface area (Å²) in [5, 5.41) is 2.90. The molecule has 0 spiro atoms. The Hall–Kier alpha value is -2.95. The van der Waals surface area contributed by atoms with E-state index in [1.54, 1.807) is 0 Å². The molecule has 1 saturated heterocycles. The zero-order chi connectivity index (χ0) is 19.6. The van der Waals surface area contributed by atoms with Gasteiger partial charge in [-0.3, -0.25) is 0 Å². The molecule has 0 unspecified atom stereocenters. The number of para-hydroxylation sites is 1. The van der Waals surface area contributed by atoms with Crippen LogP contribution in [0, 0.1) is 0 Å². The van der Waals surface area contributed by atoms with Crippen molar-refractivity contribution in [3.8, 4) is 0 Å². The highest BCUT2D eigenvalue weighted by atomic mass is 35.5. The van der Waals surface area contributed by atoms with Gasteiger partial charge in [-0.05, 0) is 42.5 Å². The summed E-state index contributed by atoms with van der Waals surface area (Å²) in [5.74, 6) is 0.993. The molecule has 0 bridgehead atoms. The highest BCUT2D eigenvalue weighted by Gasteiger charge is 2.16. The molecule has 4 aromatic rings. The van der Waals surface area contributed by atoms with Crippen LogP contribution in [0.4, 0.5) is 5.82 Å². The van der Waals surface area contributed by atoms with Crippen molar-refractivity contribution in [2.75, 3.05) is 31.2 Å². The Labute approximate surface area is 174 Å². The third-order valence-electron chi connectivity index (χ3n) is 5.15. The van der Waals surface area contributed by atoms with E-state index in [0.29, 0.717) is 5.02 Å². The van der Waals surface area contributed by atoms with Crippen molar-refractivity contribution >= 4 is 51.4 Å². The van der Waals surface area contributed by atoms with Gasteiger partial charge in [0.2, 0.25) is 0 Å². The van der Waals surface area contributed by atoms with E-state index in [4.69, 9.17) is 26.3 Å².